The molecule has 1 saturated heterocycles. The van der Waals surface area contributed by atoms with Gasteiger partial charge in [-0.2, -0.15) is 4.98 Å². The summed E-state index contributed by atoms with van der Waals surface area (Å²) in [6, 6.07) is 1.61. The lowest BCUT2D eigenvalue weighted by Crippen LogP contribution is -2.39. The third-order valence-corrected chi connectivity index (χ3v) is 4.22. The summed E-state index contributed by atoms with van der Waals surface area (Å²) in [6.45, 7) is 4.13. The molecule has 0 aliphatic carbocycles. The van der Waals surface area contributed by atoms with Gasteiger partial charge in [-0.05, 0) is 13.0 Å². The zero-order valence-electron chi connectivity index (χ0n) is 14.3. The van der Waals surface area contributed by atoms with Crippen molar-refractivity contribution < 1.29 is 33.0 Å². The number of rotatable bonds is 3. The molecule has 138 valence electrons. The number of furan rings is 1. The summed E-state index contributed by atoms with van der Waals surface area (Å²) in [7, 11) is 0. The number of hydrogen-bond donors (Lipinski definition) is 0. The van der Waals surface area contributed by atoms with Gasteiger partial charge in [0.15, 0.2) is 18.4 Å². The number of carbonyl (C=O) groups excluding carboxylic acids is 2. The monoisotopic (exact) mass is 364 g/mol. The Balaban J connectivity index is 1.74. The van der Waals surface area contributed by atoms with Gasteiger partial charge in [-0.3, -0.25) is 14.4 Å². The van der Waals surface area contributed by atoms with E-state index in [1.54, 1.807) is 13.0 Å². The van der Waals surface area contributed by atoms with Gasteiger partial charge in [-0.25, -0.2) is 4.57 Å². The van der Waals surface area contributed by atoms with Crippen molar-refractivity contribution in [1.29, 1.82) is 0 Å². The Labute approximate surface area is 146 Å². The van der Waals surface area contributed by atoms with Gasteiger partial charge in [0.1, 0.15) is 23.9 Å². The molecule has 0 N–H and O–H groups in total. The predicted molar refractivity (Wildman–Crippen MR) is 83.5 cm³/mol. The number of ether oxygens (including phenoxy) is 4. The smallest absolute Gasteiger partial charge is 0.305 e. The average molecular weight is 364 g/mol. The Kier molecular flexibility index (Phi) is 3.72. The van der Waals surface area contributed by atoms with E-state index in [4.69, 9.17) is 23.4 Å². The Hall–Kier alpha value is -2.88. The van der Waals surface area contributed by atoms with Gasteiger partial charge in [0, 0.05) is 13.8 Å². The normalized spacial score (nSPS) is 26.3. The van der Waals surface area contributed by atoms with Crippen molar-refractivity contribution >= 4 is 23.0 Å². The van der Waals surface area contributed by atoms with Gasteiger partial charge in [0.2, 0.25) is 5.71 Å². The first-order chi connectivity index (χ1) is 12.3. The molecule has 1 fully saturated rings. The van der Waals surface area contributed by atoms with Gasteiger partial charge < -0.3 is 23.4 Å². The molecule has 26 heavy (non-hydrogen) atoms. The highest BCUT2D eigenvalue weighted by Crippen LogP contribution is 2.42. The van der Waals surface area contributed by atoms with E-state index < -0.39 is 42.0 Å². The zero-order valence-corrected chi connectivity index (χ0v) is 14.3. The van der Waals surface area contributed by atoms with Crippen LogP contribution in [-0.2, 0) is 23.8 Å². The maximum atomic E-state index is 12.1. The molecule has 0 amide bonds. The minimum absolute atomic E-state index is 0.0231. The van der Waals surface area contributed by atoms with Crippen molar-refractivity contribution in [2.24, 2.45) is 0 Å². The van der Waals surface area contributed by atoms with Crippen LogP contribution in [0.2, 0.25) is 0 Å². The number of aromatic nitrogens is 2. The molecule has 0 unspecified atom stereocenters. The SMILES string of the molecule is CC(=O)OC[C@H]1O[C@@H]2[C@@H](Oc3nc(=O)c4cc(C)oc4n32)[C@@H]1OC(C)=O. The summed E-state index contributed by atoms with van der Waals surface area (Å²) in [5.74, 6) is -0.481. The van der Waals surface area contributed by atoms with Gasteiger partial charge >= 0.3 is 17.9 Å². The van der Waals surface area contributed by atoms with Gasteiger partial charge in [0.25, 0.3) is 5.56 Å². The highest BCUT2D eigenvalue weighted by atomic mass is 16.7. The van der Waals surface area contributed by atoms with E-state index in [1.807, 2.05) is 0 Å². The molecule has 10 heteroatoms. The van der Waals surface area contributed by atoms with Crippen molar-refractivity contribution in [2.75, 3.05) is 6.61 Å². The largest absolute Gasteiger partial charge is 0.463 e. The zero-order chi connectivity index (χ0) is 18.6. The van der Waals surface area contributed by atoms with E-state index in [9.17, 15) is 14.4 Å². The van der Waals surface area contributed by atoms with E-state index in [-0.39, 0.29) is 18.3 Å². The molecule has 2 aliphatic rings. The van der Waals surface area contributed by atoms with Crippen LogP contribution in [0, 0.1) is 6.92 Å². The topological polar surface area (TPSA) is 119 Å². The molecule has 4 rings (SSSR count). The minimum Gasteiger partial charge on any atom is -0.463 e. The molecule has 4 atom stereocenters. The molecule has 0 spiro atoms. The maximum absolute atomic E-state index is 12.1. The number of nitrogens with zero attached hydrogens (tertiary/aromatic N) is 2. The Morgan fingerprint density at radius 3 is 2.77 bits per heavy atom. The van der Waals surface area contributed by atoms with E-state index >= 15 is 0 Å². The molecular formula is C16H16N2O8. The van der Waals surface area contributed by atoms with Gasteiger partial charge in [0.05, 0.1) is 0 Å². The molecule has 10 nitrogen and oxygen atoms in total. The number of aryl methyl sites for hydroxylation is 1. The molecule has 0 aromatic carbocycles. The standard InChI is InChI=1S/C16H16N2O8/c1-6-4-9-13(21)17-16-18(14(9)23-6)15-12(26-16)11(24-8(3)20)10(25-15)5-22-7(2)19/h4,10-12,15H,5H2,1-3H3/t10-,11-,12+,15-/m1/s1. The molecule has 2 aromatic rings. The highest BCUT2D eigenvalue weighted by Gasteiger charge is 2.55. The summed E-state index contributed by atoms with van der Waals surface area (Å²) in [4.78, 5) is 38.6. The van der Waals surface area contributed by atoms with Crippen LogP contribution >= 0.6 is 0 Å². The number of carbonyl (C=O) groups is 2. The highest BCUT2D eigenvalue weighted by molar-refractivity contribution is 5.74. The summed E-state index contributed by atoms with van der Waals surface area (Å²) in [5.41, 5.74) is -0.219. The summed E-state index contributed by atoms with van der Waals surface area (Å²) in [5, 5.41) is 0.298. The van der Waals surface area contributed by atoms with E-state index in [1.165, 1.54) is 18.4 Å². The van der Waals surface area contributed by atoms with Crippen LogP contribution < -0.4 is 10.3 Å². The lowest BCUT2D eigenvalue weighted by Gasteiger charge is -2.20. The van der Waals surface area contributed by atoms with Crippen LogP contribution in [0.4, 0.5) is 0 Å². The second kappa shape index (κ2) is 5.84. The Morgan fingerprint density at radius 2 is 2.08 bits per heavy atom. The summed E-state index contributed by atoms with van der Waals surface area (Å²) in [6.07, 6.45) is -3.05. The number of hydrogen-bond acceptors (Lipinski definition) is 9. The predicted octanol–water partition coefficient (Wildman–Crippen LogP) is 0.451. The van der Waals surface area contributed by atoms with Gasteiger partial charge in [-0.1, -0.05) is 0 Å². The van der Waals surface area contributed by atoms with Crippen LogP contribution in [0.25, 0.3) is 11.1 Å². The lowest BCUT2D eigenvalue weighted by molar-refractivity contribution is -0.157. The molecule has 0 bridgehead atoms. The second-order valence-electron chi connectivity index (χ2n) is 6.17. The van der Waals surface area contributed by atoms with Crippen molar-refractivity contribution in [3.05, 3.63) is 22.2 Å². The summed E-state index contributed by atoms with van der Waals surface area (Å²) >= 11 is 0. The Bertz CT molecular complexity index is 961. The first kappa shape index (κ1) is 16.6. The van der Waals surface area contributed by atoms with E-state index in [0.717, 1.165) is 0 Å². The fourth-order valence-electron chi connectivity index (χ4n) is 3.26. The van der Waals surface area contributed by atoms with Gasteiger partial charge in [-0.15, -0.1) is 0 Å². The van der Waals surface area contributed by atoms with Crippen LogP contribution in [-0.4, -0.2) is 46.4 Å². The van der Waals surface area contributed by atoms with Crippen molar-refractivity contribution in [3.8, 4) is 6.01 Å². The first-order valence-electron chi connectivity index (χ1n) is 8.00. The minimum atomic E-state index is -0.834. The fraction of sp³-hybridized carbons (Fsp3) is 0.500. The third-order valence-electron chi connectivity index (χ3n) is 4.22. The van der Waals surface area contributed by atoms with E-state index in [0.29, 0.717) is 11.1 Å². The quantitative estimate of drug-likeness (QED) is 0.715. The molecule has 0 radical (unpaired) electrons. The molecule has 2 aliphatic heterocycles. The van der Waals surface area contributed by atoms with E-state index in [2.05, 4.69) is 4.98 Å². The van der Waals surface area contributed by atoms with Crippen molar-refractivity contribution in [3.63, 3.8) is 0 Å². The average Bonchev–Trinajstić information content (AvgIpc) is 3.17. The molecule has 2 aromatic heterocycles. The van der Waals surface area contributed by atoms with Crippen LogP contribution in [0.1, 0.15) is 25.8 Å². The molecular weight excluding hydrogens is 348 g/mol. The molecule has 0 saturated carbocycles. The van der Waals surface area contributed by atoms with Crippen molar-refractivity contribution in [2.45, 2.75) is 45.3 Å². The molecule has 4 heterocycles. The van der Waals surface area contributed by atoms with Crippen LogP contribution in [0.15, 0.2) is 15.3 Å². The second-order valence-corrected chi connectivity index (χ2v) is 6.17. The van der Waals surface area contributed by atoms with Crippen molar-refractivity contribution in [1.82, 2.24) is 9.55 Å². The number of esters is 2. The third kappa shape index (κ3) is 2.53. The number of fused-ring (bicyclic) bond motifs is 5. The Morgan fingerprint density at radius 1 is 1.31 bits per heavy atom. The maximum Gasteiger partial charge on any atom is 0.305 e. The van der Waals surface area contributed by atoms with Crippen LogP contribution in [0.5, 0.6) is 6.01 Å². The lowest BCUT2D eigenvalue weighted by atomic mass is 10.1. The first-order valence-corrected chi connectivity index (χ1v) is 8.00. The fourth-order valence-corrected chi connectivity index (χ4v) is 3.26. The summed E-state index contributed by atoms with van der Waals surface area (Å²) < 4.78 is 29.1. The van der Waals surface area contributed by atoms with Crippen LogP contribution in [0.3, 0.4) is 0 Å².